The minimum absolute atomic E-state index is 0.364. The first-order valence-corrected chi connectivity index (χ1v) is 9.48. The van der Waals surface area contributed by atoms with E-state index in [-0.39, 0.29) is 0 Å². The van der Waals surface area contributed by atoms with Gasteiger partial charge in [0.15, 0.2) is 17.5 Å². The van der Waals surface area contributed by atoms with E-state index in [1.807, 2.05) is 12.1 Å². The molecule has 0 heterocycles. The van der Waals surface area contributed by atoms with Crippen molar-refractivity contribution in [3.63, 3.8) is 0 Å². The number of fused-ring (bicyclic) bond motifs is 1. The van der Waals surface area contributed by atoms with Crippen LogP contribution >= 0.6 is 0 Å². The van der Waals surface area contributed by atoms with Gasteiger partial charge in [-0.15, -0.1) is 0 Å². The molecule has 0 spiro atoms. The molecule has 1 unspecified atom stereocenters. The molecule has 5 nitrogen and oxygen atoms in total. The molecule has 0 saturated carbocycles. The number of hydrogen-bond acceptors (Lipinski definition) is 3. The van der Waals surface area contributed by atoms with Gasteiger partial charge in [-0.2, -0.15) is 0 Å². The Balaban J connectivity index is 1.55. The highest BCUT2D eigenvalue weighted by atomic mass is 16.5. The zero-order valence-corrected chi connectivity index (χ0v) is 16.4. The lowest BCUT2D eigenvalue weighted by atomic mass is 10.0. The summed E-state index contributed by atoms with van der Waals surface area (Å²) >= 11 is 0. The van der Waals surface area contributed by atoms with Crippen molar-refractivity contribution in [2.45, 2.75) is 32.6 Å². The highest BCUT2D eigenvalue weighted by Crippen LogP contribution is 2.28. The van der Waals surface area contributed by atoms with Gasteiger partial charge in [-0.1, -0.05) is 19.1 Å². The number of nitrogens with one attached hydrogen (secondary N) is 1. The number of aliphatic imine (C=N–C) groups is 1. The Kier molecular flexibility index (Phi) is 6.22. The smallest absolute Gasteiger partial charge is 0.193 e. The minimum atomic E-state index is 0.364. The molecule has 0 bridgehead atoms. The number of rotatable bonds is 7. The minimum Gasteiger partial charge on any atom is -0.493 e. The highest BCUT2D eigenvalue weighted by molar-refractivity contribution is 5.92. The maximum absolute atomic E-state index is 6.08. The summed E-state index contributed by atoms with van der Waals surface area (Å²) in [5, 5.41) is 3.22. The summed E-state index contributed by atoms with van der Waals surface area (Å²) < 4.78 is 10.7. The first kappa shape index (κ1) is 19.1. The molecule has 0 aromatic heterocycles. The second-order valence-electron chi connectivity index (χ2n) is 7.19. The van der Waals surface area contributed by atoms with E-state index in [0.717, 1.165) is 30.0 Å². The molecule has 144 valence electrons. The van der Waals surface area contributed by atoms with Gasteiger partial charge in [0.1, 0.15) is 0 Å². The predicted molar refractivity (Wildman–Crippen MR) is 111 cm³/mol. The number of hydrogen-bond donors (Lipinski definition) is 2. The number of methoxy groups -OCH3 is 2. The van der Waals surface area contributed by atoms with Gasteiger partial charge in [-0.25, -0.2) is 0 Å². The first-order chi connectivity index (χ1) is 13.1. The molecule has 3 N–H and O–H groups in total. The lowest BCUT2D eigenvalue weighted by molar-refractivity contribution is 0.354. The van der Waals surface area contributed by atoms with E-state index in [1.54, 1.807) is 14.2 Å². The molecule has 1 aliphatic carbocycles. The zero-order chi connectivity index (χ0) is 19.2. The third-order valence-electron chi connectivity index (χ3n) is 4.98. The van der Waals surface area contributed by atoms with Crippen LogP contribution in [-0.2, 0) is 19.3 Å². The fraction of sp³-hybridized carbons (Fsp3) is 0.409. The number of nitrogens with zero attached hydrogens (tertiary/aromatic N) is 1. The number of aryl methyl sites for hydroxylation is 2. The van der Waals surface area contributed by atoms with Crippen LogP contribution in [-0.4, -0.2) is 26.7 Å². The van der Waals surface area contributed by atoms with E-state index < -0.39 is 0 Å². The van der Waals surface area contributed by atoms with Crippen molar-refractivity contribution in [3.05, 3.63) is 53.1 Å². The molecule has 1 aliphatic rings. The van der Waals surface area contributed by atoms with Crippen molar-refractivity contribution in [2.24, 2.45) is 16.6 Å². The SMILES string of the molecule is COc1ccc(CC(C)CN=C(N)Nc2ccc3c(c2)CCC3)cc1OC. The molecule has 27 heavy (non-hydrogen) atoms. The van der Waals surface area contributed by atoms with Gasteiger partial charge in [-0.3, -0.25) is 4.99 Å². The Morgan fingerprint density at radius 2 is 1.85 bits per heavy atom. The van der Waals surface area contributed by atoms with Crippen molar-refractivity contribution in [1.29, 1.82) is 0 Å². The third kappa shape index (κ3) is 4.94. The van der Waals surface area contributed by atoms with Gasteiger partial charge in [0, 0.05) is 12.2 Å². The Bertz CT molecular complexity index is 817. The molecule has 1 atom stereocenters. The number of benzene rings is 2. The molecule has 2 aromatic carbocycles. The monoisotopic (exact) mass is 367 g/mol. The van der Waals surface area contributed by atoms with Crippen LogP contribution in [0.3, 0.4) is 0 Å². The summed E-state index contributed by atoms with van der Waals surface area (Å²) in [7, 11) is 3.30. The van der Waals surface area contributed by atoms with Crippen LogP contribution in [0, 0.1) is 5.92 Å². The van der Waals surface area contributed by atoms with E-state index in [2.05, 4.69) is 41.5 Å². The van der Waals surface area contributed by atoms with E-state index in [1.165, 1.54) is 29.5 Å². The number of anilines is 1. The Morgan fingerprint density at radius 1 is 1.07 bits per heavy atom. The summed E-state index contributed by atoms with van der Waals surface area (Å²) in [5.74, 6) is 2.33. The summed E-state index contributed by atoms with van der Waals surface area (Å²) in [6.45, 7) is 2.83. The molecular formula is C22H29N3O2. The standard InChI is InChI=1S/C22H29N3O2/c1-15(11-16-7-10-20(26-2)21(12-16)27-3)14-24-22(23)25-19-9-8-17-5-4-6-18(17)13-19/h7-10,12-13,15H,4-6,11,14H2,1-3H3,(H3,23,24,25). The van der Waals surface area contributed by atoms with Crippen molar-refractivity contribution < 1.29 is 9.47 Å². The lowest BCUT2D eigenvalue weighted by Gasteiger charge is -2.13. The predicted octanol–water partition coefficient (Wildman–Crippen LogP) is 3.80. The van der Waals surface area contributed by atoms with E-state index in [4.69, 9.17) is 15.2 Å². The fourth-order valence-corrected chi connectivity index (χ4v) is 3.57. The number of ether oxygens (including phenoxy) is 2. The second kappa shape index (κ2) is 8.80. The zero-order valence-electron chi connectivity index (χ0n) is 16.4. The molecule has 2 aromatic rings. The van der Waals surface area contributed by atoms with Gasteiger partial charge in [0.05, 0.1) is 14.2 Å². The topological polar surface area (TPSA) is 68.9 Å². The van der Waals surface area contributed by atoms with Crippen molar-refractivity contribution in [3.8, 4) is 11.5 Å². The largest absolute Gasteiger partial charge is 0.493 e. The normalized spacial score (nSPS) is 14.6. The first-order valence-electron chi connectivity index (χ1n) is 9.48. The second-order valence-corrected chi connectivity index (χ2v) is 7.19. The summed E-state index contributed by atoms with van der Waals surface area (Å²) in [6, 6.07) is 12.5. The molecular weight excluding hydrogens is 338 g/mol. The average Bonchev–Trinajstić information content (AvgIpc) is 3.14. The third-order valence-corrected chi connectivity index (χ3v) is 4.98. The average molecular weight is 367 g/mol. The molecule has 0 amide bonds. The van der Waals surface area contributed by atoms with Crippen LogP contribution in [0.5, 0.6) is 11.5 Å². The molecule has 5 heteroatoms. The van der Waals surface area contributed by atoms with Crippen LogP contribution < -0.4 is 20.5 Å². The molecule has 3 rings (SSSR count). The number of nitrogens with two attached hydrogens (primary N) is 1. The fourth-order valence-electron chi connectivity index (χ4n) is 3.57. The molecule has 0 aliphatic heterocycles. The van der Waals surface area contributed by atoms with Crippen molar-refractivity contribution in [1.82, 2.24) is 0 Å². The van der Waals surface area contributed by atoms with E-state index >= 15 is 0 Å². The quantitative estimate of drug-likeness (QED) is 0.577. The maximum Gasteiger partial charge on any atom is 0.193 e. The molecule has 0 fully saturated rings. The summed E-state index contributed by atoms with van der Waals surface area (Å²) in [5.41, 5.74) is 11.2. The van der Waals surface area contributed by atoms with Gasteiger partial charge >= 0.3 is 0 Å². The Hall–Kier alpha value is -2.69. The Morgan fingerprint density at radius 3 is 2.63 bits per heavy atom. The Labute approximate surface area is 161 Å². The van der Waals surface area contributed by atoms with Gasteiger partial charge in [0.25, 0.3) is 0 Å². The van der Waals surface area contributed by atoms with Crippen LogP contribution in [0.1, 0.15) is 30.0 Å². The molecule has 0 radical (unpaired) electrons. The number of guanidine groups is 1. The summed E-state index contributed by atoms with van der Waals surface area (Å²) in [6.07, 6.45) is 4.49. The maximum atomic E-state index is 6.08. The van der Waals surface area contributed by atoms with Crippen LogP contribution in [0.4, 0.5) is 5.69 Å². The van der Waals surface area contributed by atoms with Crippen LogP contribution in [0.25, 0.3) is 0 Å². The van der Waals surface area contributed by atoms with Crippen molar-refractivity contribution >= 4 is 11.6 Å². The van der Waals surface area contributed by atoms with Crippen molar-refractivity contribution in [2.75, 3.05) is 26.1 Å². The van der Waals surface area contributed by atoms with Gasteiger partial charge < -0.3 is 20.5 Å². The summed E-state index contributed by atoms with van der Waals surface area (Å²) in [4.78, 5) is 4.51. The van der Waals surface area contributed by atoms with E-state index in [0.29, 0.717) is 18.4 Å². The van der Waals surface area contributed by atoms with Gasteiger partial charge in [0.2, 0.25) is 0 Å². The van der Waals surface area contributed by atoms with Crippen LogP contribution in [0.2, 0.25) is 0 Å². The van der Waals surface area contributed by atoms with Gasteiger partial charge in [-0.05, 0) is 72.6 Å². The van der Waals surface area contributed by atoms with Crippen LogP contribution in [0.15, 0.2) is 41.4 Å². The lowest BCUT2D eigenvalue weighted by Crippen LogP contribution is -2.24. The van der Waals surface area contributed by atoms with E-state index in [9.17, 15) is 0 Å². The molecule has 0 saturated heterocycles. The highest BCUT2D eigenvalue weighted by Gasteiger charge is 2.11.